The number of non-ortho nitro benzene ring substituents is 1. The molecule has 0 aliphatic heterocycles. The lowest BCUT2D eigenvalue weighted by molar-refractivity contribution is -0.385. The first-order valence-electron chi connectivity index (χ1n) is 4.94. The zero-order valence-corrected chi connectivity index (χ0v) is 13.3. The van der Waals surface area contributed by atoms with Crippen LogP contribution in [0.5, 0.6) is 11.5 Å². The van der Waals surface area contributed by atoms with Gasteiger partial charge in [0.05, 0.1) is 18.1 Å². The molecule has 1 rings (SSSR count). The molecule has 0 saturated heterocycles. The fraction of sp³-hybridized carbons (Fsp3) is 0.200. The van der Waals surface area contributed by atoms with Gasteiger partial charge in [0, 0.05) is 21.2 Å². The minimum Gasteiger partial charge on any atom is -0.492 e. The highest BCUT2D eigenvalue weighted by atomic mass is 79.9. The molecule has 0 aliphatic rings. The average Bonchev–Trinajstić information content (AvgIpc) is 2.33. The van der Waals surface area contributed by atoms with Gasteiger partial charge >= 0.3 is 0 Å². The van der Waals surface area contributed by atoms with E-state index in [9.17, 15) is 18.5 Å². The second-order valence-corrected chi connectivity index (χ2v) is 7.13. The third kappa shape index (κ3) is 4.09. The molecule has 110 valence electrons. The van der Waals surface area contributed by atoms with E-state index in [4.69, 9.17) is 20.2 Å². The van der Waals surface area contributed by atoms with Crippen molar-refractivity contribution in [1.29, 1.82) is 0 Å². The first-order valence-corrected chi connectivity index (χ1v) is 8.04. The summed E-state index contributed by atoms with van der Waals surface area (Å²) < 4.78 is 33.5. The molecule has 0 saturated carbocycles. The number of rotatable bonds is 6. The number of nitro groups is 1. The molecule has 0 aliphatic carbocycles. The summed E-state index contributed by atoms with van der Waals surface area (Å²) >= 11 is 3.05. The zero-order chi connectivity index (χ0) is 15.5. The van der Waals surface area contributed by atoms with Crippen LogP contribution in [-0.2, 0) is 9.05 Å². The Balaban J connectivity index is 3.51. The zero-order valence-electron chi connectivity index (χ0n) is 10.1. The average molecular weight is 387 g/mol. The van der Waals surface area contributed by atoms with Crippen LogP contribution in [0.2, 0.25) is 0 Å². The van der Waals surface area contributed by atoms with Crippen molar-refractivity contribution in [2.45, 2.75) is 4.90 Å². The summed E-state index contributed by atoms with van der Waals surface area (Å²) in [5, 5.41) is 10.8. The van der Waals surface area contributed by atoms with Crippen LogP contribution < -0.4 is 9.47 Å². The molecule has 7 nitrogen and oxygen atoms in total. The predicted octanol–water partition coefficient (Wildman–Crippen LogP) is 2.82. The van der Waals surface area contributed by atoms with E-state index in [2.05, 4.69) is 22.5 Å². The first-order chi connectivity index (χ1) is 9.16. The molecule has 0 heterocycles. The van der Waals surface area contributed by atoms with Gasteiger partial charge in [0.2, 0.25) is 0 Å². The summed E-state index contributed by atoms with van der Waals surface area (Å²) in [6.07, 6.45) is 0. The summed E-state index contributed by atoms with van der Waals surface area (Å²) in [6, 6.07) is 1.84. The van der Waals surface area contributed by atoms with Gasteiger partial charge in [-0.3, -0.25) is 10.1 Å². The Labute approximate surface area is 127 Å². The Hall–Kier alpha value is -1.32. The topological polar surface area (TPSA) is 95.7 Å². The molecule has 0 unspecified atom stereocenters. The SMILES string of the molecule is C=C(Br)COc1cc([N+](=O)[O-])cc(S(=O)(=O)Cl)c1OC. The van der Waals surface area contributed by atoms with Crippen LogP contribution in [0.3, 0.4) is 0 Å². The second kappa shape index (κ2) is 6.42. The molecule has 0 bridgehead atoms. The lowest BCUT2D eigenvalue weighted by Gasteiger charge is -2.12. The third-order valence-corrected chi connectivity index (χ3v) is 3.62. The van der Waals surface area contributed by atoms with Gasteiger partial charge in [-0.1, -0.05) is 22.5 Å². The van der Waals surface area contributed by atoms with Crippen molar-refractivity contribution in [2.75, 3.05) is 13.7 Å². The molecule has 0 aromatic heterocycles. The van der Waals surface area contributed by atoms with Gasteiger partial charge in [0.25, 0.3) is 14.7 Å². The molecule has 0 N–H and O–H groups in total. The Morgan fingerprint density at radius 3 is 2.55 bits per heavy atom. The van der Waals surface area contributed by atoms with Crippen LogP contribution in [0.25, 0.3) is 0 Å². The lowest BCUT2D eigenvalue weighted by atomic mass is 10.3. The van der Waals surface area contributed by atoms with E-state index in [1.54, 1.807) is 0 Å². The number of hydrogen-bond donors (Lipinski definition) is 0. The van der Waals surface area contributed by atoms with Gasteiger partial charge in [-0.15, -0.1) is 0 Å². The summed E-state index contributed by atoms with van der Waals surface area (Å²) in [6.45, 7) is 3.50. The Bertz CT molecular complexity index is 660. The van der Waals surface area contributed by atoms with Gasteiger partial charge < -0.3 is 9.47 Å². The van der Waals surface area contributed by atoms with Crippen molar-refractivity contribution in [3.63, 3.8) is 0 Å². The lowest BCUT2D eigenvalue weighted by Crippen LogP contribution is -2.04. The maximum atomic E-state index is 11.5. The summed E-state index contributed by atoms with van der Waals surface area (Å²) in [4.78, 5) is 9.52. The molecular weight excluding hydrogens is 378 g/mol. The maximum absolute atomic E-state index is 11.5. The Kier molecular flexibility index (Phi) is 5.37. The van der Waals surface area contributed by atoms with E-state index in [1.807, 2.05) is 0 Å². The van der Waals surface area contributed by atoms with E-state index in [-0.39, 0.29) is 18.1 Å². The highest BCUT2D eigenvalue weighted by Gasteiger charge is 2.26. The smallest absolute Gasteiger partial charge is 0.274 e. The Morgan fingerprint density at radius 2 is 2.15 bits per heavy atom. The van der Waals surface area contributed by atoms with E-state index < -0.39 is 24.6 Å². The van der Waals surface area contributed by atoms with E-state index in [1.165, 1.54) is 7.11 Å². The molecule has 0 radical (unpaired) electrons. The van der Waals surface area contributed by atoms with Crippen molar-refractivity contribution >= 4 is 41.4 Å². The van der Waals surface area contributed by atoms with Crippen LogP contribution >= 0.6 is 26.6 Å². The highest BCUT2D eigenvalue weighted by molar-refractivity contribution is 9.11. The number of methoxy groups -OCH3 is 1. The van der Waals surface area contributed by atoms with Gasteiger partial charge in [-0.2, -0.15) is 0 Å². The van der Waals surface area contributed by atoms with Crippen molar-refractivity contribution in [3.05, 3.63) is 33.3 Å². The fourth-order valence-electron chi connectivity index (χ4n) is 1.31. The summed E-state index contributed by atoms with van der Waals surface area (Å²) in [5.74, 6) is -0.333. The maximum Gasteiger partial charge on any atom is 0.274 e. The molecule has 10 heteroatoms. The van der Waals surface area contributed by atoms with Crippen LogP contribution in [0, 0.1) is 10.1 Å². The number of hydrogen-bond acceptors (Lipinski definition) is 6. The van der Waals surface area contributed by atoms with Crippen LogP contribution in [-0.4, -0.2) is 27.1 Å². The molecule has 0 fully saturated rings. The molecule has 0 spiro atoms. The monoisotopic (exact) mass is 385 g/mol. The van der Waals surface area contributed by atoms with E-state index in [0.29, 0.717) is 4.48 Å². The van der Waals surface area contributed by atoms with E-state index >= 15 is 0 Å². The van der Waals surface area contributed by atoms with Crippen LogP contribution in [0.4, 0.5) is 5.69 Å². The van der Waals surface area contributed by atoms with Gasteiger partial charge in [-0.05, 0) is 0 Å². The summed E-state index contributed by atoms with van der Waals surface area (Å²) in [7, 11) is 2.20. The third-order valence-electron chi connectivity index (χ3n) is 2.07. The number of halogens is 2. The summed E-state index contributed by atoms with van der Waals surface area (Å²) in [5.41, 5.74) is -0.486. The van der Waals surface area contributed by atoms with Crippen molar-refractivity contribution < 1.29 is 22.8 Å². The van der Waals surface area contributed by atoms with Crippen molar-refractivity contribution in [2.24, 2.45) is 0 Å². The normalized spacial score (nSPS) is 10.9. The Morgan fingerprint density at radius 1 is 1.55 bits per heavy atom. The second-order valence-electron chi connectivity index (χ2n) is 3.48. The van der Waals surface area contributed by atoms with Crippen LogP contribution in [0.1, 0.15) is 0 Å². The number of nitrogens with zero attached hydrogens (tertiary/aromatic N) is 1. The number of ether oxygens (including phenoxy) is 2. The van der Waals surface area contributed by atoms with Gasteiger partial charge in [-0.25, -0.2) is 8.42 Å². The first kappa shape index (κ1) is 16.7. The molecule has 0 amide bonds. The van der Waals surface area contributed by atoms with E-state index in [0.717, 1.165) is 12.1 Å². The van der Waals surface area contributed by atoms with Gasteiger partial charge in [0.15, 0.2) is 11.5 Å². The molecule has 20 heavy (non-hydrogen) atoms. The largest absolute Gasteiger partial charge is 0.492 e. The van der Waals surface area contributed by atoms with Crippen molar-refractivity contribution in [1.82, 2.24) is 0 Å². The fourth-order valence-corrected chi connectivity index (χ4v) is 2.44. The quantitative estimate of drug-likeness (QED) is 0.424. The standard InChI is InChI=1S/C10H9BrClNO6S/c1-6(11)5-19-8-3-7(13(14)15)4-9(10(8)18-2)20(12,16)17/h3-4H,1,5H2,2H3. The van der Waals surface area contributed by atoms with Crippen LogP contribution in [0.15, 0.2) is 28.1 Å². The minimum absolute atomic E-state index is 0.0285. The molecule has 1 aromatic rings. The minimum atomic E-state index is -4.23. The highest BCUT2D eigenvalue weighted by Crippen LogP contribution is 2.39. The van der Waals surface area contributed by atoms with Gasteiger partial charge in [0.1, 0.15) is 11.5 Å². The number of nitro benzene ring substituents is 1. The van der Waals surface area contributed by atoms with Crippen molar-refractivity contribution in [3.8, 4) is 11.5 Å². The molecular formula is C10H9BrClNO6S. The number of benzene rings is 1. The predicted molar refractivity (Wildman–Crippen MR) is 76.2 cm³/mol. The molecule has 1 aromatic carbocycles. The molecule has 0 atom stereocenters.